The molecule has 130 valence electrons. The Morgan fingerprint density at radius 2 is 1.80 bits per heavy atom. The Bertz CT molecular complexity index is 904. The van der Waals surface area contributed by atoms with Crippen molar-refractivity contribution in [2.24, 2.45) is 0 Å². The number of fused-ring (bicyclic) bond motifs is 1. The van der Waals surface area contributed by atoms with Crippen molar-refractivity contribution in [3.63, 3.8) is 0 Å². The monoisotopic (exact) mass is 353 g/mol. The van der Waals surface area contributed by atoms with Crippen LogP contribution in [0.5, 0.6) is 0 Å². The van der Waals surface area contributed by atoms with Crippen LogP contribution in [0, 0.1) is 0 Å². The van der Waals surface area contributed by atoms with Gasteiger partial charge < -0.3 is 0 Å². The van der Waals surface area contributed by atoms with E-state index in [1.807, 2.05) is 70.2 Å². The predicted molar refractivity (Wildman–Crippen MR) is 104 cm³/mol. The second-order valence-corrected chi connectivity index (χ2v) is 9.06. The second kappa shape index (κ2) is 7.02. The van der Waals surface area contributed by atoms with Crippen molar-refractivity contribution in [2.45, 2.75) is 38.5 Å². The van der Waals surface area contributed by atoms with Crippen LogP contribution in [-0.2, 0) is 11.0 Å². The van der Waals surface area contributed by atoms with E-state index in [4.69, 9.17) is 4.98 Å². The minimum Gasteiger partial charge on any atom is -0.242 e. The van der Waals surface area contributed by atoms with Gasteiger partial charge in [-0.3, -0.25) is 0 Å². The summed E-state index contributed by atoms with van der Waals surface area (Å²) >= 11 is 0. The van der Waals surface area contributed by atoms with Crippen molar-refractivity contribution in [3.8, 4) is 11.3 Å². The molecule has 0 aliphatic heterocycles. The summed E-state index contributed by atoms with van der Waals surface area (Å²) in [5.74, 6) is 0. The zero-order chi connectivity index (χ0) is 18.0. The zero-order valence-electron chi connectivity index (χ0n) is 15.0. The second-order valence-electron chi connectivity index (χ2n) is 7.06. The molecule has 0 spiro atoms. The van der Waals surface area contributed by atoms with Gasteiger partial charge in [0.05, 0.1) is 21.4 Å². The molecule has 0 radical (unpaired) electrons. The highest BCUT2D eigenvalue weighted by Crippen LogP contribution is 2.30. The Hall–Kier alpha value is -2.11. The topological polar surface area (TPSA) is 54.9 Å². The van der Waals surface area contributed by atoms with E-state index in [0.29, 0.717) is 5.65 Å². The predicted octanol–water partition coefficient (Wildman–Crippen LogP) is 4.41. The molecular formula is C20H23N3OS. The van der Waals surface area contributed by atoms with Crippen LogP contribution in [0.4, 0.5) is 0 Å². The SMILES string of the molecule is CC(N[S@@](=O)C(C)(C)C)c1cc2cccnc2nc1-c1ccccc1. The summed E-state index contributed by atoms with van der Waals surface area (Å²) in [6, 6.07) is 15.9. The summed E-state index contributed by atoms with van der Waals surface area (Å²) < 4.78 is 15.4. The summed E-state index contributed by atoms with van der Waals surface area (Å²) in [6.07, 6.45) is 1.75. The van der Waals surface area contributed by atoms with Crippen LogP contribution in [0.3, 0.4) is 0 Å². The maximum Gasteiger partial charge on any atom is 0.159 e. The van der Waals surface area contributed by atoms with Crippen molar-refractivity contribution < 1.29 is 4.21 Å². The maximum atomic E-state index is 12.5. The van der Waals surface area contributed by atoms with Gasteiger partial charge in [0.2, 0.25) is 0 Å². The first-order valence-corrected chi connectivity index (χ1v) is 9.50. The molecule has 2 aromatic heterocycles. The van der Waals surface area contributed by atoms with Gasteiger partial charge in [0.25, 0.3) is 0 Å². The number of nitrogens with zero attached hydrogens (tertiary/aromatic N) is 2. The van der Waals surface area contributed by atoms with Crippen LogP contribution in [-0.4, -0.2) is 18.9 Å². The zero-order valence-corrected chi connectivity index (χ0v) is 15.8. The summed E-state index contributed by atoms with van der Waals surface area (Å²) in [6.45, 7) is 7.91. The van der Waals surface area contributed by atoms with Gasteiger partial charge in [-0.2, -0.15) is 0 Å². The molecule has 0 amide bonds. The minimum absolute atomic E-state index is 0.104. The van der Waals surface area contributed by atoms with E-state index < -0.39 is 11.0 Å². The molecule has 0 aliphatic rings. The highest BCUT2D eigenvalue weighted by atomic mass is 32.2. The van der Waals surface area contributed by atoms with Crippen molar-refractivity contribution in [1.82, 2.24) is 14.7 Å². The van der Waals surface area contributed by atoms with Gasteiger partial charge in [0, 0.05) is 23.2 Å². The fourth-order valence-corrected chi connectivity index (χ4v) is 3.38. The third kappa shape index (κ3) is 3.94. The average molecular weight is 353 g/mol. The number of pyridine rings is 2. The summed E-state index contributed by atoms with van der Waals surface area (Å²) in [5, 5.41) is 0.979. The first-order valence-electron chi connectivity index (χ1n) is 8.35. The standard InChI is InChI=1S/C20H23N3OS/c1-14(23-25(24)20(2,3)4)17-13-16-11-8-12-21-19(16)22-18(17)15-9-6-5-7-10-15/h5-14,23H,1-4H3/t14?,25-/m0/s1. The lowest BCUT2D eigenvalue weighted by molar-refractivity contribution is 0.616. The number of hydrogen-bond acceptors (Lipinski definition) is 3. The van der Waals surface area contributed by atoms with Gasteiger partial charge in [-0.25, -0.2) is 18.9 Å². The lowest BCUT2D eigenvalue weighted by atomic mass is 10.00. The van der Waals surface area contributed by atoms with Gasteiger partial charge in [0.1, 0.15) is 0 Å². The van der Waals surface area contributed by atoms with Crippen LogP contribution in [0.15, 0.2) is 54.7 Å². The maximum absolute atomic E-state index is 12.5. The van der Waals surface area contributed by atoms with Gasteiger partial charge in [0.15, 0.2) is 5.65 Å². The summed E-state index contributed by atoms with van der Waals surface area (Å²) in [5.41, 5.74) is 3.64. The molecule has 3 rings (SSSR count). The molecule has 2 atom stereocenters. The van der Waals surface area contributed by atoms with Gasteiger partial charge in [-0.15, -0.1) is 0 Å². The number of benzene rings is 1. The average Bonchev–Trinajstić information content (AvgIpc) is 2.60. The van der Waals surface area contributed by atoms with Crippen LogP contribution in [0.2, 0.25) is 0 Å². The molecule has 0 bridgehead atoms. The van der Waals surface area contributed by atoms with E-state index in [-0.39, 0.29) is 10.8 Å². The molecule has 1 unspecified atom stereocenters. The minimum atomic E-state index is -1.16. The van der Waals surface area contributed by atoms with Gasteiger partial charge in [-0.1, -0.05) is 30.3 Å². The lowest BCUT2D eigenvalue weighted by Gasteiger charge is -2.23. The number of rotatable bonds is 4. The van der Waals surface area contributed by atoms with Crippen molar-refractivity contribution in [3.05, 3.63) is 60.3 Å². The Labute approximate surface area is 151 Å². The first-order chi connectivity index (χ1) is 11.9. The van der Waals surface area contributed by atoms with Crippen molar-refractivity contribution in [2.75, 3.05) is 0 Å². The molecule has 2 heterocycles. The van der Waals surface area contributed by atoms with E-state index in [1.54, 1.807) is 6.20 Å². The lowest BCUT2D eigenvalue weighted by Crippen LogP contribution is -2.35. The number of nitrogens with one attached hydrogen (secondary N) is 1. The molecule has 25 heavy (non-hydrogen) atoms. The first kappa shape index (κ1) is 17.7. The molecule has 1 N–H and O–H groups in total. The molecule has 0 aliphatic carbocycles. The molecule has 1 aromatic carbocycles. The number of hydrogen-bond donors (Lipinski definition) is 1. The van der Waals surface area contributed by atoms with Crippen LogP contribution >= 0.6 is 0 Å². The van der Waals surface area contributed by atoms with Crippen LogP contribution in [0.1, 0.15) is 39.3 Å². The molecule has 0 saturated heterocycles. The molecule has 3 aromatic rings. The van der Waals surface area contributed by atoms with E-state index in [1.165, 1.54) is 0 Å². The molecular weight excluding hydrogens is 330 g/mol. The van der Waals surface area contributed by atoms with E-state index in [0.717, 1.165) is 22.2 Å². The largest absolute Gasteiger partial charge is 0.242 e. The smallest absolute Gasteiger partial charge is 0.159 e. The fourth-order valence-electron chi connectivity index (χ4n) is 2.58. The third-order valence-corrected chi connectivity index (χ3v) is 5.65. The normalized spacial score (nSPS) is 14.4. The quantitative estimate of drug-likeness (QED) is 0.756. The molecule has 5 heteroatoms. The highest BCUT2D eigenvalue weighted by molar-refractivity contribution is 7.84. The van der Waals surface area contributed by atoms with E-state index in [2.05, 4.69) is 15.8 Å². The van der Waals surface area contributed by atoms with Gasteiger partial charge >= 0.3 is 0 Å². The van der Waals surface area contributed by atoms with E-state index in [9.17, 15) is 4.21 Å². The molecule has 0 fully saturated rings. The molecule has 0 saturated carbocycles. The van der Waals surface area contributed by atoms with Crippen molar-refractivity contribution >= 4 is 22.0 Å². The Balaban J connectivity index is 2.10. The van der Waals surface area contributed by atoms with Crippen LogP contribution < -0.4 is 4.72 Å². The third-order valence-electron chi connectivity index (χ3n) is 3.97. The summed E-state index contributed by atoms with van der Waals surface area (Å²) in [7, 11) is -1.16. The highest BCUT2D eigenvalue weighted by Gasteiger charge is 2.23. The molecule has 4 nitrogen and oxygen atoms in total. The van der Waals surface area contributed by atoms with Crippen LogP contribution in [0.25, 0.3) is 22.3 Å². The Kier molecular flexibility index (Phi) is 4.97. The van der Waals surface area contributed by atoms with E-state index >= 15 is 0 Å². The Morgan fingerprint density at radius 3 is 2.48 bits per heavy atom. The van der Waals surface area contributed by atoms with Gasteiger partial charge in [-0.05, 0) is 51.5 Å². The Morgan fingerprint density at radius 1 is 1.08 bits per heavy atom. The summed E-state index contributed by atoms with van der Waals surface area (Å²) in [4.78, 5) is 9.16. The number of aromatic nitrogens is 2. The fraction of sp³-hybridized carbons (Fsp3) is 0.300. The van der Waals surface area contributed by atoms with Crippen molar-refractivity contribution in [1.29, 1.82) is 0 Å².